The molecule has 0 radical (unpaired) electrons. The second-order valence-electron chi connectivity index (χ2n) is 2.51. The maximum absolute atomic E-state index is 11.6. The molecule has 8 heteroatoms. The topological polar surface area (TPSA) is 72.5 Å². The van der Waals surface area contributed by atoms with Crippen LogP contribution in [0.15, 0.2) is 0 Å². The molecule has 14 heavy (non-hydrogen) atoms. The van der Waals surface area contributed by atoms with E-state index in [0.29, 0.717) is 0 Å². The molecule has 0 aliphatic carbocycles. The van der Waals surface area contributed by atoms with E-state index in [-0.39, 0.29) is 0 Å². The third-order valence-electron chi connectivity index (χ3n) is 1.41. The second kappa shape index (κ2) is 3.28. The molecule has 0 bridgehead atoms. The summed E-state index contributed by atoms with van der Waals surface area (Å²) in [6.45, 7) is 0. The summed E-state index contributed by atoms with van der Waals surface area (Å²) >= 11 is 0. The van der Waals surface area contributed by atoms with Gasteiger partial charge in [-0.05, 0) is 0 Å². The van der Waals surface area contributed by atoms with Crippen LogP contribution in [0.25, 0.3) is 0 Å². The lowest BCUT2D eigenvalue weighted by atomic mass is 10.3. The molecule has 0 saturated carbocycles. The molecule has 0 aromatic rings. The average Bonchev–Trinajstić information content (AvgIpc) is 2.28. The first-order chi connectivity index (χ1) is 6.30. The van der Waals surface area contributed by atoms with Crippen LogP contribution in [0.2, 0.25) is 0 Å². The Balaban J connectivity index is 2.58. The van der Waals surface area contributed by atoms with Gasteiger partial charge in [0, 0.05) is 0 Å². The van der Waals surface area contributed by atoms with Gasteiger partial charge in [0.05, 0.1) is 6.42 Å². The highest BCUT2D eigenvalue weighted by atomic mass is 19.4. The van der Waals surface area contributed by atoms with E-state index in [1.165, 1.54) is 0 Å². The van der Waals surface area contributed by atoms with Crippen molar-refractivity contribution in [1.82, 2.24) is 5.32 Å². The number of hydrogen-bond donors (Lipinski definition) is 1. The van der Waals surface area contributed by atoms with Gasteiger partial charge in [0.2, 0.25) is 5.91 Å². The maximum atomic E-state index is 11.6. The second-order valence-corrected chi connectivity index (χ2v) is 2.51. The van der Waals surface area contributed by atoms with Gasteiger partial charge in [-0.25, -0.2) is 4.79 Å². The standard InChI is InChI=1S/C6H4F3NO4/c7-6(8,9)5(13)14-2-1-3(11)10-4(2)12/h2H,1H2,(H,10,11,12). The molecule has 1 aliphatic rings. The number of nitrogens with one attached hydrogen (secondary N) is 1. The Morgan fingerprint density at radius 1 is 1.43 bits per heavy atom. The van der Waals surface area contributed by atoms with Crippen molar-refractivity contribution in [3.63, 3.8) is 0 Å². The highest BCUT2D eigenvalue weighted by Gasteiger charge is 2.45. The third kappa shape index (κ3) is 2.21. The minimum atomic E-state index is -5.16. The lowest BCUT2D eigenvalue weighted by Crippen LogP contribution is -2.34. The maximum Gasteiger partial charge on any atom is 0.490 e. The first kappa shape index (κ1) is 10.5. The predicted octanol–water partition coefficient (Wildman–Crippen LogP) is -0.493. The van der Waals surface area contributed by atoms with Gasteiger partial charge in [-0.15, -0.1) is 0 Å². The Hall–Kier alpha value is -1.60. The highest BCUT2D eigenvalue weighted by molar-refractivity contribution is 6.05. The number of amides is 2. The summed E-state index contributed by atoms with van der Waals surface area (Å²) in [7, 11) is 0. The highest BCUT2D eigenvalue weighted by Crippen LogP contribution is 2.19. The van der Waals surface area contributed by atoms with Crippen LogP contribution in [0.1, 0.15) is 6.42 Å². The van der Waals surface area contributed by atoms with Crippen molar-refractivity contribution in [2.24, 2.45) is 0 Å². The lowest BCUT2D eigenvalue weighted by Gasteiger charge is -2.09. The first-order valence-corrected chi connectivity index (χ1v) is 3.42. The van der Waals surface area contributed by atoms with Crippen molar-refractivity contribution in [2.45, 2.75) is 18.7 Å². The van der Waals surface area contributed by atoms with Gasteiger partial charge in [0.25, 0.3) is 5.91 Å². The van der Waals surface area contributed by atoms with Gasteiger partial charge in [0.1, 0.15) is 0 Å². The van der Waals surface area contributed by atoms with Crippen LogP contribution in [0, 0.1) is 0 Å². The Morgan fingerprint density at radius 2 is 2.00 bits per heavy atom. The van der Waals surface area contributed by atoms with Crippen LogP contribution in [0.5, 0.6) is 0 Å². The van der Waals surface area contributed by atoms with E-state index in [9.17, 15) is 27.6 Å². The van der Waals surface area contributed by atoms with Crippen LogP contribution in [-0.4, -0.2) is 30.1 Å². The van der Waals surface area contributed by atoms with Gasteiger partial charge >= 0.3 is 12.1 Å². The van der Waals surface area contributed by atoms with Crippen molar-refractivity contribution < 1.29 is 32.3 Å². The zero-order valence-corrected chi connectivity index (χ0v) is 6.55. The fourth-order valence-corrected chi connectivity index (χ4v) is 0.821. The van der Waals surface area contributed by atoms with Gasteiger partial charge < -0.3 is 4.74 Å². The summed E-state index contributed by atoms with van der Waals surface area (Å²) in [6.07, 6.45) is -7.40. The van der Waals surface area contributed by atoms with Crippen LogP contribution < -0.4 is 5.32 Å². The fourth-order valence-electron chi connectivity index (χ4n) is 0.821. The van der Waals surface area contributed by atoms with Crippen molar-refractivity contribution in [3.05, 3.63) is 0 Å². The molecule has 5 nitrogen and oxygen atoms in total. The van der Waals surface area contributed by atoms with E-state index < -0.39 is 36.5 Å². The van der Waals surface area contributed by atoms with E-state index in [0.717, 1.165) is 0 Å². The number of esters is 1. The number of carbonyl (C=O) groups excluding carboxylic acids is 3. The molecule has 2 amide bonds. The van der Waals surface area contributed by atoms with Gasteiger partial charge in [-0.3, -0.25) is 14.9 Å². The summed E-state index contributed by atoms with van der Waals surface area (Å²) < 4.78 is 38.7. The number of imide groups is 1. The van der Waals surface area contributed by atoms with Crippen molar-refractivity contribution in [2.75, 3.05) is 0 Å². The van der Waals surface area contributed by atoms with E-state index in [4.69, 9.17) is 0 Å². The first-order valence-electron chi connectivity index (χ1n) is 3.42. The Kier molecular flexibility index (Phi) is 2.45. The Morgan fingerprint density at radius 3 is 2.36 bits per heavy atom. The number of alkyl halides is 3. The van der Waals surface area contributed by atoms with Crippen LogP contribution in [0.4, 0.5) is 13.2 Å². The molecule has 1 saturated heterocycles. The number of hydrogen-bond acceptors (Lipinski definition) is 4. The van der Waals surface area contributed by atoms with Crippen LogP contribution in [-0.2, 0) is 19.1 Å². The minimum Gasteiger partial charge on any atom is -0.445 e. The molecule has 78 valence electrons. The summed E-state index contributed by atoms with van der Waals surface area (Å²) in [6, 6.07) is 0. The van der Waals surface area contributed by atoms with Crippen molar-refractivity contribution in [3.8, 4) is 0 Å². The molecule has 0 aromatic heterocycles. The molecule has 1 aliphatic heterocycles. The number of carbonyl (C=O) groups is 3. The summed E-state index contributed by atoms with van der Waals surface area (Å²) in [5.74, 6) is -4.28. The van der Waals surface area contributed by atoms with E-state index in [1.807, 2.05) is 0 Å². The van der Waals surface area contributed by atoms with Crippen LogP contribution in [0.3, 0.4) is 0 Å². The lowest BCUT2D eigenvalue weighted by molar-refractivity contribution is -0.204. The SMILES string of the molecule is O=C1CC(OC(=O)C(F)(F)F)C(=O)N1. The van der Waals surface area contributed by atoms with Crippen LogP contribution >= 0.6 is 0 Å². The van der Waals surface area contributed by atoms with E-state index >= 15 is 0 Å². The molecule has 1 unspecified atom stereocenters. The van der Waals surface area contributed by atoms with Gasteiger partial charge in [-0.2, -0.15) is 13.2 Å². The molecule has 1 N–H and O–H groups in total. The molecular weight excluding hydrogens is 207 g/mol. The summed E-state index contributed by atoms with van der Waals surface area (Å²) in [5.41, 5.74) is 0. The Labute approximate surface area is 75.2 Å². The predicted molar refractivity (Wildman–Crippen MR) is 33.7 cm³/mol. The zero-order chi connectivity index (χ0) is 10.9. The zero-order valence-electron chi connectivity index (χ0n) is 6.55. The van der Waals surface area contributed by atoms with Crippen molar-refractivity contribution >= 4 is 17.8 Å². The summed E-state index contributed by atoms with van der Waals surface area (Å²) in [4.78, 5) is 31.4. The third-order valence-corrected chi connectivity index (χ3v) is 1.41. The number of rotatable bonds is 1. The normalized spacial score (nSPS) is 22.1. The molecule has 1 fully saturated rings. The molecule has 0 aromatic carbocycles. The quantitative estimate of drug-likeness (QED) is 0.469. The average molecular weight is 211 g/mol. The molecule has 1 atom stereocenters. The monoisotopic (exact) mass is 211 g/mol. The fraction of sp³-hybridized carbons (Fsp3) is 0.500. The Bertz CT molecular complexity index is 298. The molecule has 0 spiro atoms. The molecule has 1 heterocycles. The smallest absolute Gasteiger partial charge is 0.445 e. The minimum absolute atomic E-state index is 0.569. The largest absolute Gasteiger partial charge is 0.490 e. The molecular formula is C6H4F3NO4. The van der Waals surface area contributed by atoms with Gasteiger partial charge in [0.15, 0.2) is 6.10 Å². The van der Waals surface area contributed by atoms with Gasteiger partial charge in [-0.1, -0.05) is 0 Å². The molecule has 1 rings (SSSR count). The van der Waals surface area contributed by atoms with E-state index in [2.05, 4.69) is 4.74 Å². The van der Waals surface area contributed by atoms with E-state index in [1.54, 1.807) is 5.32 Å². The van der Waals surface area contributed by atoms with Crippen molar-refractivity contribution in [1.29, 1.82) is 0 Å². The number of ether oxygens (including phenoxy) is 1. The summed E-state index contributed by atoms with van der Waals surface area (Å²) in [5, 5.41) is 1.70. The number of halogens is 3.